The normalized spacial score (nSPS) is 19.4. The molecule has 6 nitrogen and oxygen atoms in total. The summed E-state index contributed by atoms with van der Waals surface area (Å²) in [5.74, 6) is 1.64. The predicted molar refractivity (Wildman–Crippen MR) is 87.1 cm³/mol. The van der Waals surface area contributed by atoms with Crippen LogP contribution in [0.2, 0.25) is 0 Å². The molecule has 10 heteroatoms. The number of fused-ring (bicyclic) bond motifs is 1. The lowest BCUT2D eigenvalue weighted by Gasteiger charge is -2.39. The minimum Gasteiger partial charge on any atom is -0.593 e. The lowest BCUT2D eigenvalue weighted by Crippen LogP contribution is -2.58. The Kier molecular flexibility index (Phi) is 4.28. The van der Waals surface area contributed by atoms with E-state index in [2.05, 4.69) is 0 Å². The van der Waals surface area contributed by atoms with Crippen LogP contribution >= 0.6 is 0 Å². The van der Waals surface area contributed by atoms with Crippen LogP contribution in [0.15, 0.2) is 47.4 Å². The topological polar surface area (TPSA) is 71.1 Å². The Morgan fingerprint density at radius 3 is 2.59 bits per heavy atom. The fourth-order valence-corrected chi connectivity index (χ4v) is 4.35. The van der Waals surface area contributed by atoms with Gasteiger partial charge in [0.25, 0.3) is 0 Å². The van der Waals surface area contributed by atoms with Gasteiger partial charge < -0.3 is 18.8 Å². The van der Waals surface area contributed by atoms with Crippen LogP contribution < -0.4 is 14.2 Å². The molecule has 2 aromatic rings. The third-order valence-electron chi connectivity index (χ3n) is 4.26. The first-order chi connectivity index (χ1) is 12.7. The van der Waals surface area contributed by atoms with Gasteiger partial charge in [-0.05, 0) is 24.3 Å². The quantitative estimate of drug-likeness (QED) is 0.737. The molecule has 0 aromatic heterocycles. The summed E-state index contributed by atoms with van der Waals surface area (Å²) in [7, 11) is -4.01. The number of alkyl halides is 3. The van der Waals surface area contributed by atoms with Crippen molar-refractivity contribution < 1.29 is 36.1 Å². The van der Waals surface area contributed by atoms with E-state index in [9.17, 15) is 21.9 Å². The van der Waals surface area contributed by atoms with Crippen LogP contribution in [-0.4, -0.2) is 34.8 Å². The van der Waals surface area contributed by atoms with Gasteiger partial charge >= 0.3 is 6.18 Å². The summed E-state index contributed by atoms with van der Waals surface area (Å²) in [4.78, 5) is -0.390. The zero-order valence-corrected chi connectivity index (χ0v) is 14.6. The molecular weight excluding hydrogens is 387 g/mol. The zero-order valence-electron chi connectivity index (χ0n) is 13.8. The molecule has 1 saturated heterocycles. The fraction of sp³-hybridized carbons (Fsp3) is 0.294. The Morgan fingerprint density at radius 1 is 1.11 bits per heavy atom. The van der Waals surface area contributed by atoms with E-state index in [1.807, 2.05) is 0 Å². The molecule has 2 aromatic carbocycles. The first-order valence-corrected chi connectivity index (χ1v) is 9.41. The maximum Gasteiger partial charge on any atom is 0.416 e. The summed E-state index contributed by atoms with van der Waals surface area (Å²) in [6, 6.07) is 8.71. The van der Waals surface area contributed by atoms with Crippen molar-refractivity contribution in [3.8, 4) is 17.2 Å². The van der Waals surface area contributed by atoms with Gasteiger partial charge in [0.15, 0.2) is 26.8 Å². The molecule has 144 valence electrons. The van der Waals surface area contributed by atoms with Gasteiger partial charge in [-0.25, -0.2) is 0 Å². The van der Waals surface area contributed by atoms with E-state index in [4.69, 9.17) is 14.2 Å². The van der Waals surface area contributed by atoms with Crippen molar-refractivity contribution in [2.75, 3.05) is 19.9 Å². The van der Waals surface area contributed by atoms with E-state index in [0.717, 1.165) is 22.5 Å². The molecule has 27 heavy (non-hydrogen) atoms. The summed E-state index contributed by atoms with van der Waals surface area (Å²) in [6.07, 6.45) is -5.00. The zero-order chi connectivity index (χ0) is 19.2. The molecule has 0 saturated carbocycles. The molecule has 2 heterocycles. The molecule has 0 N–H and O–H groups in total. The summed E-state index contributed by atoms with van der Waals surface area (Å²) in [5.41, 5.74) is -1.00. The first kappa shape index (κ1) is 18.1. The molecule has 2 aliphatic rings. The Balaban J connectivity index is 1.42. The molecule has 4 rings (SSSR count). The van der Waals surface area contributed by atoms with E-state index < -0.39 is 28.2 Å². The van der Waals surface area contributed by atoms with Crippen molar-refractivity contribution in [3.05, 3.63) is 48.0 Å². The van der Waals surface area contributed by atoms with Gasteiger partial charge in [-0.2, -0.15) is 13.2 Å². The first-order valence-electron chi connectivity index (χ1n) is 7.97. The molecule has 2 aliphatic heterocycles. The van der Waals surface area contributed by atoms with Gasteiger partial charge in [0.05, 0.1) is 18.7 Å². The van der Waals surface area contributed by atoms with Crippen LogP contribution in [0.4, 0.5) is 13.2 Å². The van der Waals surface area contributed by atoms with Gasteiger partial charge in [0.2, 0.25) is 6.79 Å². The highest BCUT2D eigenvalue weighted by Gasteiger charge is 2.43. The average molecular weight is 401 g/mol. The fourth-order valence-electron chi connectivity index (χ4n) is 2.80. The highest BCUT2D eigenvalue weighted by molar-refractivity contribution is 7.95. The Hall–Kier alpha value is -2.30. The van der Waals surface area contributed by atoms with Crippen LogP contribution in [0, 0.1) is 0 Å². The molecular formula is C17H14F3NO5S. The molecule has 0 bridgehead atoms. The second kappa shape index (κ2) is 6.39. The SMILES string of the molecule is O=[S+]([O-])(c1cccc(C(F)(F)F)c1)N1CC(Oc2ccc3c(c2)OCO3)C1. The minimum absolute atomic E-state index is 0.0486. The average Bonchev–Trinajstić information content (AvgIpc) is 3.04. The molecule has 0 spiro atoms. The molecule has 1 fully saturated rings. The summed E-state index contributed by atoms with van der Waals surface area (Å²) < 4.78 is 80.7. The number of nitrogens with zero attached hydrogens (tertiary/aromatic N) is 1. The van der Waals surface area contributed by atoms with E-state index in [1.165, 1.54) is 0 Å². The summed E-state index contributed by atoms with van der Waals surface area (Å²) in [5, 5.41) is 0. The highest BCUT2D eigenvalue weighted by Crippen LogP contribution is 2.37. The van der Waals surface area contributed by atoms with E-state index in [1.54, 1.807) is 18.2 Å². The summed E-state index contributed by atoms with van der Waals surface area (Å²) in [6.45, 7) is 0.227. The van der Waals surface area contributed by atoms with Gasteiger partial charge in [-0.3, -0.25) is 0 Å². The number of hydrogen-bond acceptors (Lipinski definition) is 5. The smallest absolute Gasteiger partial charge is 0.416 e. The number of hydrogen-bond donors (Lipinski definition) is 0. The van der Waals surface area contributed by atoms with Gasteiger partial charge in [-0.15, -0.1) is 4.31 Å². The monoisotopic (exact) mass is 401 g/mol. The second-order valence-electron chi connectivity index (χ2n) is 6.10. The van der Waals surface area contributed by atoms with Gasteiger partial charge in [-0.1, -0.05) is 10.3 Å². The molecule has 0 radical (unpaired) electrons. The van der Waals surface area contributed by atoms with Crippen molar-refractivity contribution in [3.63, 3.8) is 0 Å². The molecule has 1 unspecified atom stereocenters. The van der Waals surface area contributed by atoms with Crippen LogP contribution in [0.25, 0.3) is 0 Å². The van der Waals surface area contributed by atoms with Crippen molar-refractivity contribution in [1.29, 1.82) is 0 Å². The van der Waals surface area contributed by atoms with Gasteiger partial charge in [0.1, 0.15) is 11.9 Å². The van der Waals surface area contributed by atoms with E-state index in [-0.39, 0.29) is 24.8 Å². The van der Waals surface area contributed by atoms with E-state index >= 15 is 0 Å². The number of halogens is 3. The lowest BCUT2D eigenvalue weighted by molar-refractivity contribution is -0.137. The van der Waals surface area contributed by atoms with Crippen LogP contribution in [0.5, 0.6) is 17.2 Å². The van der Waals surface area contributed by atoms with Gasteiger partial charge in [0, 0.05) is 12.1 Å². The van der Waals surface area contributed by atoms with Crippen LogP contribution in [-0.2, 0) is 20.8 Å². The largest absolute Gasteiger partial charge is 0.593 e. The molecule has 0 aliphatic carbocycles. The number of ether oxygens (including phenoxy) is 3. The maximum absolute atomic E-state index is 12.8. The molecule has 0 amide bonds. The number of sulfonamides is 1. The lowest BCUT2D eigenvalue weighted by atomic mass is 10.2. The van der Waals surface area contributed by atoms with Crippen molar-refractivity contribution in [2.45, 2.75) is 17.2 Å². The third-order valence-corrected chi connectivity index (χ3v) is 6.09. The summed E-state index contributed by atoms with van der Waals surface area (Å²) >= 11 is 0. The maximum atomic E-state index is 12.8. The minimum atomic E-state index is -4.61. The number of rotatable bonds is 4. The van der Waals surface area contributed by atoms with Crippen LogP contribution in [0.3, 0.4) is 0 Å². The Bertz CT molecular complexity index is 914. The number of benzene rings is 2. The Morgan fingerprint density at radius 2 is 1.85 bits per heavy atom. The van der Waals surface area contributed by atoms with Crippen molar-refractivity contribution in [1.82, 2.24) is 4.31 Å². The van der Waals surface area contributed by atoms with Crippen LogP contribution in [0.1, 0.15) is 5.56 Å². The highest BCUT2D eigenvalue weighted by atomic mass is 32.3. The van der Waals surface area contributed by atoms with Crippen molar-refractivity contribution >= 4 is 10.4 Å². The standard InChI is InChI=1S/C17H14F3NO5S/c18-17(19,20)11-2-1-3-14(6-11)27(22,23)21-8-13(9-21)26-12-4-5-15-16(7-12)25-10-24-15/h1-7,13H,8-10H2. The van der Waals surface area contributed by atoms with Crippen molar-refractivity contribution in [2.24, 2.45) is 0 Å². The van der Waals surface area contributed by atoms with E-state index in [0.29, 0.717) is 23.3 Å². The molecule has 1 atom stereocenters. The Labute approximate surface area is 153 Å². The second-order valence-corrected chi connectivity index (χ2v) is 8.04. The predicted octanol–water partition coefficient (Wildman–Crippen LogP) is 3.10. The third kappa shape index (κ3) is 3.47.